The molecule has 12 heavy (non-hydrogen) atoms. The minimum Gasteiger partial charge on any atom is -0.411 e. The number of oxime groups is 1. The molecule has 0 heterocycles. The Balaban J connectivity index is 3.26. The Hall–Kier alpha value is -1.45. The molecule has 2 nitrogen and oxygen atoms in total. The van der Waals surface area contributed by atoms with Crippen LogP contribution in [0.2, 0.25) is 0 Å². The SMILES string of the molecule is C/C(=N\O)c1cccc(F)c1F. The highest BCUT2D eigenvalue weighted by Gasteiger charge is 2.09. The fraction of sp³-hybridized carbons (Fsp3) is 0.125. The van der Waals surface area contributed by atoms with Gasteiger partial charge in [0.1, 0.15) is 0 Å². The summed E-state index contributed by atoms with van der Waals surface area (Å²) in [5, 5.41) is 11.1. The van der Waals surface area contributed by atoms with E-state index >= 15 is 0 Å². The van der Waals surface area contributed by atoms with Crippen molar-refractivity contribution in [2.24, 2.45) is 5.16 Å². The van der Waals surface area contributed by atoms with Gasteiger partial charge in [-0.1, -0.05) is 11.2 Å². The van der Waals surface area contributed by atoms with Crippen LogP contribution in [-0.4, -0.2) is 10.9 Å². The third-order valence-corrected chi connectivity index (χ3v) is 1.49. The molecule has 0 radical (unpaired) electrons. The van der Waals surface area contributed by atoms with Crippen molar-refractivity contribution >= 4 is 5.71 Å². The largest absolute Gasteiger partial charge is 0.411 e. The summed E-state index contributed by atoms with van der Waals surface area (Å²) < 4.78 is 25.4. The molecule has 0 unspecified atom stereocenters. The van der Waals surface area contributed by atoms with E-state index in [1.54, 1.807) is 0 Å². The zero-order valence-electron chi connectivity index (χ0n) is 6.38. The number of rotatable bonds is 1. The van der Waals surface area contributed by atoms with Gasteiger partial charge in [-0.2, -0.15) is 0 Å². The molecular formula is C8H7F2NO. The van der Waals surface area contributed by atoms with Crippen LogP contribution < -0.4 is 0 Å². The van der Waals surface area contributed by atoms with Gasteiger partial charge in [-0.15, -0.1) is 0 Å². The van der Waals surface area contributed by atoms with E-state index in [1.165, 1.54) is 19.1 Å². The van der Waals surface area contributed by atoms with Crippen LogP contribution in [0.15, 0.2) is 23.4 Å². The molecule has 64 valence electrons. The van der Waals surface area contributed by atoms with Gasteiger partial charge in [0.25, 0.3) is 0 Å². The average Bonchev–Trinajstić information content (AvgIpc) is 2.08. The highest BCUT2D eigenvalue weighted by Crippen LogP contribution is 2.11. The van der Waals surface area contributed by atoms with Crippen molar-refractivity contribution in [2.45, 2.75) is 6.92 Å². The van der Waals surface area contributed by atoms with Crippen molar-refractivity contribution < 1.29 is 14.0 Å². The van der Waals surface area contributed by atoms with E-state index in [0.717, 1.165) is 6.07 Å². The molecule has 0 bridgehead atoms. The summed E-state index contributed by atoms with van der Waals surface area (Å²) in [5.74, 6) is -1.94. The summed E-state index contributed by atoms with van der Waals surface area (Å²) in [6.07, 6.45) is 0. The quantitative estimate of drug-likeness (QED) is 0.392. The van der Waals surface area contributed by atoms with E-state index in [2.05, 4.69) is 5.16 Å². The van der Waals surface area contributed by atoms with E-state index in [9.17, 15) is 8.78 Å². The van der Waals surface area contributed by atoms with Crippen LogP contribution in [0.3, 0.4) is 0 Å². The summed E-state index contributed by atoms with van der Waals surface area (Å²) in [5.41, 5.74) is 0.0181. The van der Waals surface area contributed by atoms with Gasteiger partial charge in [-0.05, 0) is 19.1 Å². The third-order valence-electron chi connectivity index (χ3n) is 1.49. The second kappa shape index (κ2) is 3.30. The highest BCUT2D eigenvalue weighted by atomic mass is 19.2. The van der Waals surface area contributed by atoms with Gasteiger partial charge < -0.3 is 5.21 Å². The average molecular weight is 171 g/mol. The lowest BCUT2D eigenvalue weighted by Gasteiger charge is -2.00. The summed E-state index contributed by atoms with van der Waals surface area (Å²) in [6, 6.07) is 3.69. The fourth-order valence-electron chi connectivity index (χ4n) is 0.837. The molecule has 1 aromatic rings. The van der Waals surface area contributed by atoms with Crippen molar-refractivity contribution in [1.29, 1.82) is 0 Å². The number of halogens is 2. The Labute approximate surface area is 68.1 Å². The Morgan fingerprint density at radius 1 is 1.42 bits per heavy atom. The van der Waals surface area contributed by atoms with Crippen LogP contribution in [0.4, 0.5) is 8.78 Å². The molecule has 0 aromatic heterocycles. The molecule has 4 heteroatoms. The van der Waals surface area contributed by atoms with Gasteiger partial charge in [-0.25, -0.2) is 8.78 Å². The van der Waals surface area contributed by atoms with Crippen LogP contribution in [0.5, 0.6) is 0 Å². The molecule has 0 aliphatic heterocycles. The molecule has 1 aromatic carbocycles. The van der Waals surface area contributed by atoms with Crippen molar-refractivity contribution in [1.82, 2.24) is 0 Å². The topological polar surface area (TPSA) is 32.6 Å². The van der Waals surface area contributed by atoms with Crippen LogP contribution >= 0.6 is 0 Å². The first-order valence-corrected chi connectivity index (χ1v) is 3.30. The summed E-state index contributed by atoms with van der Waals surface area (Å²) in [4.78, 5) is 0. The Bertz CT molecular complexity index is 323. The molecule has 0 aliphatic carbocycles. The third kappa shape index (κ3) is 1.42. The van der Waals surface area contributed by atoms with E-state index in [0.29, 0.717) is 0 Å². The van der Waals surface area contributed by atoms with E-state index in [1.807, 2.05) is 0 Å². The zero-order valence-corrected chi connectivity index (χ0v) is 6.38. The van der Waals surface area contributed by atoms with E-state index < -0.39 is 11.6 Å². The monoisotopic (exact) mass is 171 g/mol. The predicted octanol–water partition coefficient (Wildman–Crippen LogP) is 2.16. The molecular weight excluding hydrogens is 164 g/mol. The molecule has 0 spiro atoms. The maximum Gasteiger partial charge on any atom is 0.167 e. The molecule has 0 saturated heterocycles. The van der Waals surface area contributed by atoms with Gasteiger partial charge in [0.2, 0.25) is 0 Å². The number of hydrogen-bond acceptors (Lipinski definition) is 2. The maximum atomic E-state index is 12.9. The Morgan fingerprint density at radius 3 is 2.67 bits per heavy atom. The van der Waals surface area contributed by atoms with Gasteiger partial charge in [0.05, 0.1) is 5.71 Å². The molecule has 0 aliphatic rings. The highest BCUT2D eigenvalue weighted by molar-refractivity contribution is 5.98. The molecule has 0 amide bonds. The minimum atomic E-state index is -0.993. The summed E-state index contributed by atoms with van der Waals surface area (Å²) >= 11 is 0. The normalized spacial score (nSPS) is 11.8. The van der Waals surface area contributed by atoms with Crippen molar-refractivity contribution in [3.63, 3.8) is 0 Å². The predicted molar refractivity (Wildman–Crippen MR) is 40.4 cm³/mol. The summed E-state index contributed by atoms with van der Waals surface area (Å²) in [6.45, 7) is 1.39. The molecule has 0 atom stereocenters. The first kappa shape index (κ1) is 8.64. The first-order valence-electron chi connectivity index (χ1n) is 3.30. The Kier molecular flexibility index (Phi) is 2.38. The minimum absolute atomic E-state index is 0.0301. The lowest BCUT2D eigenvalue weighted by molar-refractivity contribution is 0.318. The molecule has 1 N–H and O–H groups in total. The molecule has 0 saturated carbocycles. The number of hydrogen-bond donors (Lipinski definition) is 1. The van der Waals surface area contributed by atoms with E-state index in [4.69, 9.17) is 5.21 Å². The van der Waals surface area contributed by atoms with Crippen molar-refractivity contribution in [3.05, 3.63) is 35.4 Å². The number of benzene rings is 1. The smallest absolute Gasteiger partial charge is 0.167 e. The van der Waals surface area contributed by atoms with E-state index in [-0.39, 0.29) is 11.3 Å². The van der Waals surface area contributed by atoms with Gasteiger partial charge in [0, 0.05) is 5.56 Å². The summed E-state index contributed by atoms with van der Waals surface area (Å²) in [7, 11) is 0. The van der Waals surface area contributed by atoms with Crippen molar-refractivity contribution in [3.8, 4) is 0 Å². The second-order valence-corrected chi connectivity index (χ2v) is 2.29. The lowest BCUT2D eigenvalue weighted by Crippen LogP contribution is -2.00. The lowest BCUT2D eigenvalue weighted by atomic mass is 10.1. The van der Waals surface area contributed by atoms with Gasteiger partial charge in [0.15, 0.2) is 11.6 Å². The zero-order chi connectivity index (χ0) is 9.14. The first-order chi connectivity index (χ1) is 5.66. The standard InChI is InChI=1S/C8H7F2NO/c1-5(11-12)6-3-2-4-7(9)8(6)10/h2-4,12H,1H3/b11-5+. The number of nitrogens with zero attached hydrogens (tertiary/aromatic N) is 1. The fourth-order valence-corrected chi connectivity index (χ4v) is 0.837. The maximum absolute atomic E-state index is 12.9. The van der Waals surface area contributed by atoms with Crippen LogP contribution in [0.25, 0.3) is 0 Å². The molecule has 1 rings (SSSR count). The van der Waals surface area contributed by atoms with Gasteiger partial charge >= 0.3 is 0 Å². The van der Waals surface area contributed by atoms with Gasteiger partial charge in [-0.3, -0.25) is 0 Å². The second-order valence-electron chi connectivity index (χ2n) is 2.29. The Morgan fingerprint density at radius 2 is 2.08 bits per heavy atom. The van der Waals surface area contributed by atoms with Crippen LogP contribution in [-0.2, 0) is 0 Å². The van der Waals surface area contributed by atoms with Crippen LogP contribution in [0, 0.1) is 11.6 Å². The van der Waals surface area contributed by atoms with Crippen LogP contribution in [0.1, 0.15) is 12.5 Å². The molecule has 0 fully saturated rings. The van der Waals surface area contributed by atoms with Crippen molar-refractivity contribution in [2.75, 3.05) is 0 Å².